The normalized spacial score (nSPS) is 13.9. The molecule has 0 aliphatic carbocycles. The van der Waals surface area contributed by atoms with Crippen molar-refractivity contribution in [1.82, 2.24) is 15.2 Å². The maximum absolute atomic E-state index is 12.0. The minimum Gasteiger partial charge on any atom is -0.507 e. The van der Waals surface area contributed by atoms with Crippen molar-refractivity contribution >= 4 is 11.8 Å². The number of pyridine rings is 1. The van der Waals surface area contributed by atoms with E-state index in [-0.39, 0.29) is 17.2 Å². The standard InChI is InChI=1S/C28H32N4O4/c1-4-18-7-6-8-19(5-2)27(18)23-14-25(36-20-9-10-21(28(29)35)24(33)13-20)22(17(3)31-23)15-32-12-11-30-26(34)16-32/h6-10,13-14,33H,4-5,11-12,15-16H2,1-3H3,(H2,29,35)(H,30,34). The molecule has 2 heterocycles. The zero-order valence-corrected chi connectivity index (χ0v) is 20.9. The summed E-state index contributed by atoms with van der Waals surface area (Å²) in [4.78, 5) is 30.5. The summed E-state index contributed by atoms with van der Waals surface area (Å²) in [7, 11) is 0. The fourth-order valence-corrected chi connectivity index (χ4v) is 4.61. The van der Waals surface area contributed by atoms with Crippen molar-refractivity contribution in [3.63, 3.8) is 0 Å². The van der Waals surface area contributed by atoms with Gasteiger partial charge in [-0.2, -0.15) is 0 Å². The van der Waals surface area contributed by atoms with E-state index in [1.165, 1.54) is 23.3 Å². The van der Waals surface area contributed by atoms with Gasteiger partial charge in [-0.3, -0.25) is 19.5 Å². The highest BCUT2D eigenvalue weighted by molar-refractivity contribution is 5.95. The highest BCUT2D eigenvalue weighted by Crippen LogP contribution is 2.36. The van der Waals surface area contributed by atoms with Gasteiger partial charge in [0.15, 0.2) is 0 Å². The topological polar surface area (TPSA) is 118 Å². The zero-order chi connectivity index (χ0) is 25.8. The zero-order valence-electron chi connectivity index (χ0n) is 20.9. The fraction of sp³-hybridized carbons (Fsp3) is 0.321. The first-order valence-electron chi connectivity index (χ1n) is 12.2. The lowest BCUT2D eigenvalue weighted by Gasteiger charge is -2.28. The predicted molar refractivity (Wildman–Crippen MR) is 138 cm³/mol. The average Bonchev–Trinajstić information content (AvgIpc) is 2.85. The maximum Gasteiger partial charge on any atom is 0.252 e. The van der Waals surface area contributed by atoms with Gasteiger partial charge in [-0.15, -0.1) is 0 Å². The smallest absolute Gasteiger partial charge is 0.252 e. The van der Waals surface area contributed by atoms with Crippen LogP contribution in [-0.2, 0) is 24.2 Å². The van der Waals surface area contributed by atoms with Crippen LogP contribution in [0.1, 0.15) is 46.6 Å². The molecule has 0 unspecified atom stereocenters. The van der Waals surface area contributed by atoms with Gasteiger partial charge in [-0.25, -0.2) is 0 Å². The van der Waals surface area contributed by atoms with Gasteiger partial charge in [-0.1, -0.05) is 32.0 Å². The second kappa shape index (κ2) is 10.8. The molecule has 2 amide bonds. The molecule has 4 N–H and O–H groups in total. The molecule has 8 heteroatoms. The Bertz CT molecular complexity index is 1280. The van der Waals surface area contributed by atoms with Gasteiger partial charge in [0, 0.05) is 48.6 Å². The first-order valence-corrected chi connectivity index (χ1v) is 12.2. The molecule has 1 fully saturated rings. The summed E-state index contributed by atoms with van der Waals surface area (Å²) in [5.74, 6) is -0.0190. The molecule has 0 spiro atoms. The van der Waals surface area contributed by atoms with Crippen LogP contribution in [0.4, 0.5) is 0 Å². The van der Waals surface area contributed by atoms with Crippen molar-refractivity contribution in [1.29, 1.82) is 0 Å². The van der Waals surface area contributed by atoms with Crippen LogP contribution >= 0.6 is 0 Å². The van der Waals surface area contributed by atoms with Gasteiger partial charge in [0.1, 0.15) is 17.2 Å². The second-order valence-corrected chi connectivity index (χ2v) is 8.93. The van der Waals surface area contributed by atoms with Gasteiger partial charge in [0.2, 0.25) is 5.91 Å². The van der Waals surface area contributed by atoms with Crippen LogP contribution in [0.2, 0.25) is 0 Å². The summed E-state index contributed by atoms with van der Waals surface area (Å²) in [5.41, 5.74) is 11.3. The number of phenols is 1. The largest absolute Gasteiger partial charge is 0.507 e. The molecule has 1 aromatic heterocycles. The lowest BCUT2D eigenvalue weighted by atomic mass is 9.94. The monoisotopic (exact) mass is 488 g/mol. The van der Waals surface area contributed by atoms with E-state index in [0.717, 1.165) is 41.9 Å². The van der Waals surface area contributed by atoms with E-state index in [1.807, 2.05) is 13.0 Å². The van der Waals surface area contributed by atoms with Crippen LogP contribution in [0, 0.1) is 6.92 Å². The number of carbonyl (C=O) groups excluding carboxylic acids is 2. The predicted octanol–water partition coefficient (Wildman–Crippen LogP) is 3.71. The molecular formula is C28H32N4O4. The van der Waals surface area contributed by atoms with Crippen LogP contribution in [0.15, 0.2) is 42.5 Å². The Labute approximate surface area is 211 Å². The number of nitrogens with zero attached hydrogens (tertiary/aromatic N) is 2. The fourth-order valence-electron chi connectivity index (χ4n) is 4.61. The number of amides is 2. The number of aromatic nitrogens is 1. The Hall–Kier alpha value is -3.91. The Balaban J connectivity index is 1.81. The van der Waals surface area contributed by atoms with Crippen LogP contribution in [0.3, 0.4) is 0 Å². The lowest BCUT2D eigenvalue weighted by molar-refractivity contribution is -0.124. The van der Waals surface area contributed by atoms with Crippen LogP contribution < -0.4 is 15.8 Å². The number of nitrogens with one attached hydrogen (secondary N) is 1. The number of carbonyl (C=O) groups is 2. The molecule has 36 heavy (non-hydrogen) atoms. The Morgan fingerprint density at radius 3 is 2.50 bits per heavy atom. The average molecular weight is 489 g/mol. The molecule has 0 bridgehead atoms. The number of nitrogens with two attached hydrogens (primary N) is 1. The molecule has 2 aromatic carbocycles. The lowest BCUT2D eigenvalue weighted by Crippen LogP contribution is -2.47. The molecular weight excluding hydrogens is 456 g/mol. The van der Waals surface area contributed by atoms with Crippen molar-refractivity contribution in [3.05, 3.63) is 70.4 Å². The van der Waals surface area contributed by atoms with Gasteiger partial charge in [-0.05, 0) is 43.0 Å². The minimum absolute atomic E-state index is 0.0117. The molecule has 1 aliphatic heterocycles. The Kier molecular flexibility index (Phi) is 7.55. The van der Waals surface area contributed by atoms with E-state index in [4.69, 9.17) is 15.5 Å². The van der Waals surface area contributed by atoms with Gasteiger partial charge < -0.3 is 20.9 Å². The molecule has 1 saturated heterocycles. The molecule has 3 aromatic rings. The highest BCUT2D eigenvalue weighted by Gasteiger charge is 2.22. The summed E-state index contributed by atoms with van der Waals surface area (Å²) in [6.07, 6.45) is 1.74. The third-order valence-electron chi connectivity index (χ3n) is 6.51. The quantitative estimate of drug-likeness (QED) is 0.445. The number of aromatic hydroxyl groups is 1. The minimum atomic E-state index is -0.714. The summed E-state index contributed by atoms with van der Waals surface area (Å²) in [6, 6.07) is 12.7. The summed E-state index contributed by atoms with van der Waals surface area (Å²) >= 11 is 0. The molecule has 0 atom stereocenters. The highest BCUT2D eigenvalue weighted by atomic mass is 16.5. The van der Waals surface area contributed by atoms with Crippen LogP contribution in [0.25, 0.3) is 11.3 Å². The van der Waals surface area contributed by atoms with E-state index in [0.29, 0.717) is 31.1 Å². The molecule has 1 aliphatic rings. The van der Waals surface area contributed by atoms with E-state index in [1.54, 1.807) is 6.07 Å². The Morgan fingerprint density at radius 1 is 1.17 bits per heavy atom. The number of hydrogen-bond acceptors (Lipinski definition) is 6. The SMILES string of the molecule is CCc1cccc(CC)c1-c1cc(Oc2ccc(C(N)=O)c(O)c2)c(CN2CCNC(=O)C2)c(C)n1. The van der Waals surface area contributed by atoms with E-state index in [9.17, 15) is 14.7 Å². The maximum atomic E-state index is 12.0. The number of piperazine rings is 1. The summed E-state index contributed by atoms with van der Waals surface area (Å²) in [5, 5.41) is 13.1. The summed E-state index contributed by atoms with van der Waals surface area (Å²) < 4.78 is 6.30. The molecule has 188 valence electrons. The second-order valence-electron chi connectivity index (χ2n) is 8.93. The number of aryl methyl sites for hydroxylation is 3. The third kappa shape index (κ3) is 5.33. The number of rotatable bonds is 8. The first kappa shape index (κ1) is 25.2. The van der Waals surface area contributed by atoms with Crippen molar-refractivity contribution in [2.75, 3.05) is 19.6 Å². The van der Waals surface area contributed by atoms with E-state index >= 15 is 0 Å². The molecule has 0 saturated carbocycles. The Morgan fingerprint density at radius 2 is 1.89 bits per heavy atom. The third-order valence-corrected chi connectivity index (χ3v) is 6.51. The van der Waals surface area contributed by atoms with Gasteiger partial charge in [0.05, 0.1) is 17.8 Å². The van der Waals surface area contributed by atoms with Crippen LogP contribution in [-0.4, -0.2) is 46.4 Å². The molecule has 0 radical (unpaired) electrons. The van der Waals surface area contributed by atoms with E-state index in [2.05, 4.69) is 42.3 Å². The van der Waals surface area contributed by atoms with Crippen molar-refractivity contribution in [2.45, 2.75) is 40.2 Å². The molecule has 8 nitrogen and oxygen atoms in total. The van der Waals surface area contributed by atoms with E-state index < -0.39 is 5.91 Å². The first-order chi connectivity index (χ1) is 17.3. The number of hydrogen-bond donors (Lipinski definition) is 3. The summed E-state index contributed by atoms with van der Waals surface area (Å²) in [6.45, 7) is 8.30. The molecule has 4 rings (SSSR count). The van der Waals surface area contributed by atoms with Crippen molar-refractivity contribution in [2.24, 2.45) is 5.73 Å². The number of primary amides is 1. The van der Waals surface area contributed by atoms with Gasteiger partial charge >= 0.3 is 0 Å². The number of benzene rings is 2. The van der Waals surface area contributed by atoms with Crippen molar-refractivity contribution < 1.29 is 19.4 Å². The van der Waals surface area contributed by atoms with Crippen molar-refractivity contribution in [3.8, 4) is 28.5 Å². The number of ether oxygens (including phenoxy) is 1. The van der Waals surface area contributed by atoms with Gasteiger partial charge in [0.25, 0.3) is 5.91 Å². The van der Waals surface area contributed by atoms with Crippen LogP contribution in [0.5, 0.6) is 17.2 Å².